The molecular formula is C38H66O6. The van der Waals surface area contributed by atoms with Gasteiger partial charge in [-0.3, -0.25) is 9.59 Å². The van der Waals surface area contributed by atoms with Gasteiger partial charge in [-0.1, -0.05) is 146 Å². The molecule has 0 aromatic carbocycles. The summed E-state index contributed by atoms with van der Waals surface area (Å²) in [5, 5.41) is 20.0. The molecule has 0 spiro atoms. The first-order valence-corrected chi connectivity index (χ1v) is 17.8. The van der Waals surface area contributed by atoms with E-state index < -0.39 is 12.2 Å². The Labute approximate surface area is 270 Å². The van der Waals surface area contributed by atoms with Crippen molar-refractivity contribution < 1.29 is 29.3 Å². The smallest absolute Gasteiger partial charge is 0.305 e. The van der Waals surface area contributed by atoms with Crippen molar-refractivity contribution in [1.82, 2.24) is 0 Å². The average Bonchev–Trinajstić information content (AvgIpc) is 3.02. The van der Waals surface area contributed by atoms with Crippen LogP contribution in [-0.4, -0.2) is 47.6 Å². The van der Waals surface area contributed by atoms with Gasteiger partial charge >= 0.3 is 11.9 Å². The van der Waals surface area contributed by atoms with Crippen molar-refractivity contribution in [3.63, 3.8) is 0 Å². The van der Waals surface area contributed by atoms with E-state index in [2.05, 4.69) is 32.1 Å². The second kappa shape index (κ2) is 33.7. The predicted molar refractivity (Wildman–Crippen MR) is 183 cm³/mol. The predicted octanol–water partition coefficient (Wildman–Crippen LogP) is 9.64. The highest BCUT2D eigenvalue weighted by Crippen LogP contribution is 2.13. The Morgan fingerprint density at radius 2 is 1.07 bits per heavy atom. The molecule has 0 aliphatic rings. The first-order valence-electron chi connectivity index (χ1n) is 17.8. The van der Waals surface area contributed by atoms with E-state index in [1.165, 1.54) is 77.0 Å². The Bertz CT molecular complexity index is 769. The molecule has 0 heterocycles. The molecule has 254 valence electrons. The van der Waals surface area contributed by atoms with Gasteiger partial charge < -0.3 is 19.7 Å². The molecule has 44 heavy (non-hydrogen) atoms. The van der Waals surface area contributed by atoms with Gasteiger partial charge in [0.05, 0.1) is 6.10 Å². The van der Waals surface area contributed by atoms with E-state index in [9.17, 15) is 19.8 Å². The van der Waals surface area contributed by atoms with E-state index in [4.69, 9.17) is 9.47 Å². The molecule has 1 unspecified atom stereocenters. The van der Waals surface area contributed by atoms with E-state index in [1.54, 1.807) is 6.08 Å². The lowest BCUT2D eigenvalue weighted by Crippen LogP contribution is -2.25. The molecule has 6 nitrogen and oxygen atoms in total. The number of carbonyl (C=O) groups excluding carboxylic acids is 2. The van der Waals surface area contributed by atoms with Crippen LogP contribution in [0.2, 0.25) is 0 Å². The molecule has 0 radical (unpaired) electrons. The SMILES string of the molecule is CCCCC/C=C\C/C=C\CC(O)/C=C\C=C\CCCC(=O)OC[C@H](O)COC(=O)CCCCCCCCCCCCCC. The highest BCUT2D eigenvalue weighted by atomic mass is 16.6. The molecule has 0 saturated heterocycles. The Balaban J connectivity index is 3.66. The third-order valence-electron chi connectivity index (χ3n) is 7.40. The monoisotopic (exact) mass is 618 g/mol. The number of ether oxygens (including phenoxy) is 2. The second-order valence-electron chi connectivity index (χ2n) is 11.8. The van der Waals surface area contributed by atoms with Gasteiger partial charge in [0.1, 0.15) is 19.3 Å². The van der Waals surface area contributed by atoms with Gasteiger partial charge in [-0.15, -0.1) is 0 Å². The molecule has 2 atom stereocenters. The van der Waals surface area contributed by atoms with Crippen LogP contribution in [0.5, 0.6) is 0 Å². The lowest BCUT2D eigenvalue weighted by atomic mass is 10.0. The van der Waals surface area contributed by atoms with Crippen LogP contribution in [0.3, 0.4) is 0 Å². The number of aliphatic hydroxyl groups excluding tert-OH is 2. The summed E-state index contributed by atoms with van der Waals surface area (Å²) in [5.41, 5.74) is 0. The highest BCUT2D eigenvalue weighted by Gasteiger charge is 2.12. The van der Waals surface area contributed by atoms with Crippen LogP contribution >= 0.6 is 0 Å². The molecular weight excluding hydrogens is 552 g/mol. The minimum absolute atomic E-state index is 0.155. The topological polar surface area (TPSA) is 93.1 Å². The van der Waals surface area contributed by atoms with Crippen molar-refractivity contribution in [1.29, 1.82) is 0 Å². The fourth-order valence-electron chi connectivity index (χ4n) is 4.63. The molecule has 0 fully saturated rings. The molecule has 0 bridgehead atoms. The molecule has 0 amide bonds. The molecule has 2 N–H and O–H groups in total. The van der Waals surface area contributed by atoms with Crippen LogP contribution in [0.25, 0.3) is 0 Å². The summed E-state index contributed by atoms with van der Waals surface area (Å²) in [6.45, 7) is 4.12. The zero-order valence-corrected chi connectivity index (χ0v) is 28.3. The summed E-state index contributed by atoms with van der Waals surface area (Å²) in [4.78, 5) is 23.8. The largest absolute Gasteiger partial charge is 0.463 e. The van der Waals surface area contributed by atoms with Crippen LogP contribution in [0.15, 0.2) is 48.6 Å². The van der Waals surface area contributed by atoms with Crippen LogP contribution < -0.4 is 0 Å². The van der Waals surface area contributed by atoms with Crippen molar-refractivity contribution in [2.24, 2.45) is 0 Å². The molecule has 0 aliphatic heterocycles. The maximum atomic E-state index is 11.9. The second-order valence-corrected chi connectivity index (χ2v) is 11.8. The van der Waals surface area contributed by atoms with Gasteiger partial charge in [0.25, 0.3) is 0 Å². The normalized spacial score (nSPS) is 13.5. The number of carbonyl (C=O) groups is 2. The summed E-state index contributed by atoms with van der Waals surface area (Å²) >= 11 is 0. The Kier molecular flexibility index (Phi) is 32.0. The van der Waals surface area contributed by atoms with Gasteiger partial charge in [0, 0.05) is 12.8 Å². The molecule has 6 heteroatoms. The molecule has 0 aromatic rings. The van der Waals surface area contributed by atoms with Crippen molar-refractivity contribution >= 4 is 11.9 Å². The number of unbranched alkanes of at least 4 members (excludes halogenated alkanes) is 15. The Morgan fingerprint density at radius 1 is 0.568 bits per heavy atom. The third kappa shape index (κ3) is 32.7. The maximum absolute atomic E-state index is 11.9. The maximum Gasteiger partial charge on any atom is 0.305 e. The van der Waals surface area contributed by atoms with Crippen LogP contribution in [0.1, 0.15) is 155 Å². The number of esters is 2. The molecule has 0 saturated carbocycles. The van der Waals surface area contributed by atoms with Crippen LogP contribution in [0.4, 0.5) is 0 Å². The zero-order chi connectivity index (χ0) is 32.4. The summed E-state index contributed by atoms with van der Waals surface area (Å²) < 4.78 is 10.2. The van der Waals surface area contributed by atoms with Gasteiger partial charge in [0.2, 0.25) is 0 Å². The summed E-state index contributed by atoms with van der Waals surface area (Å²) in [7, 11) is 0. The summed E-state index contributed by atoms with van der Waals surface area (Å²) in [6, 6.07) is 0. The van der Waals surface area contributed by atoms with E-state index >= 15 is 0 Å². The number of rotatable bonds is 31. The van der Waals surface area contributed by atoms with Crippen LogP contribution in [-0.2, 0) is 19.1 Å². The first-order chi connectivity index (χ1) is 21.5. The van der Waals surface area contributed by atoms with E-state index in [-0.39, 0.29) is 31.6 Å². The third-order valence-corrected chi connectivity index (χ3v) is 7.40. The fraction of sp³-hybridized carbons (Fsp3) is 0.737. The average molecular weight is 619 g/mol. The van der Waals surface area contributed by atoms with Crippen molar-refractivity contribution in [2.45, 2.75) is 167 Å². The Morgan fingerprint density at radius 3 is 1.68 bits per heavy atom. The molecule has 0 rings (SSSR count). The zero-order valence-electron chi connectivity index (χ0n) is 28.3. The van der Waals surface area contributed by atoms with E-state index in [0.29, 0.717) is 25.7 Å². The molecule has 0 aromatic heterocycles. The van der Waals surface area contributed by atoms with Gasteiger partial charge in [-0.2, -0.15) is 0 Å². The van der Waals surface area contributed by atoms with Crippen molar-refractivity contribution in [2.75, 3.05) is 13.2 Å². The molecule has 0 aliphatic carbocycles. The lowest BCUT2D eigenvalue weighted by Gasteiger charge is -2.12. The van der Waals surface area contributed by atoms with Crippen molar-refractivity contribution in [3.05, 3.63) is 48.6 Å². The highest BCUT2D eigenvalue weighted by molar-refractivity contribution is 5.69. The Hall–Kier alpha value is -2.18. The standard InChI is InChI=1S/C38H66O6/c1-3-5-7-9-11-13-14-15-17-19-23-27-31-37(41)43-33-36(40)34-44-38(42)32-28-24-20-22-26-30-35(39)29-25-21-18-16-12-10-8-6-4-2/h12,16,20-22,25-26,30,35-36,39-40H,3-11,13-15,17-19,23-24,27-29,31-34H2,1-2H3/b16-12-,22-20+,25-21-,30-26-/t35?,36-/m1/s1. The minimum atomic E-state index is -1.01. The number of hydrogen-bond donors (Lipinski definition) is 2. The quantitative estimate of drug-likeness (QED) is 0.0348. The minimum Gasteiger partial charge on any atom is -0.463 e. The lowest BCUT2D eigenvalue weighted by molar-refractivity contribution is -0.152. The van der Waals surface area contributed by atoms with Gasteiger partial charge in [-0.05, 0) is 44.9 Å². The number of allylic oxidation sites excluding steroid dienone is 6. The van der Waals surface area contributed by atoms with Gasteiger partial charge in [-0.25, -0.2) is 0 Å². The fourth-order valence-corrected chi connectivity index (χ4v) is 4.63. The summed E-state index contributed by atoms with van der Waals surface area (Å²) in [5.74, 6) is -0.693. The van der Waals surface area contributed by atoms with Gasteiger partial charge in [0.15, 0.2) is 0 Å². The van der Waals surface area contributed by atoms with E-state index in [1.807, 2.05) is 24.3 Å². The van der Waals surface area contributed by atoms with Crippen LogP contribution in [0, 0.1) is 0 Å². The number of hydrogen-bond acceptors (Lipinski definition) is 6. The van der Waals surface area contributed by atoms with Crippen molar-refractivity contribution in [3.8, 4) is 0 Å². The van der Waals surface area contributed by atoms with E-state index in [0.717, 1.165) is 32.1 Å². The first kappa shape index (κ1) is 41.8. The summed E-state index contributed by atoms with van der Waals surface area (Å²) in [6.07, 6.45) is 37.6. The number of aliphatic hydroxyl groups is 2.